The second kappa shape index (κ2) is 12.1. The number of carbonyl (C=O) groups excluding carboxylic acids is 1. The van der Waals surface area contributed by atoms with E-state index in [1.165, 1.54) is 0 Å². The van der Waals surface area contributed by atoms with E-state index in [4.69, 9.17) is 14.2 Å². The van der Waals surface area contributed by atoms with Gasteiger partial charge in [0.05, 0.1) is 40.0 Å². The van der Waals surface area contributed by atoms with Crippen molar-refractivity contribution in [3.8, 4) is 0 Å². The van der Waals surface area contributed by atoms with Crippen LogP contribution in [0.2, 0.25) is 0 Å². The zero-order valence-electron chi connectivity index (χ0n) is 23.3. The van der Waals surface area contributed by atoms with Crippen LogP contribution in [0, 0.1) is 17.5 Å². The summed E-state index contributed by atoms with van der Waals surface area (Å²) in [5, 5.41) is 6.03. The molecule has 1 aromatic carbocycles. The number of benzene rings is 1. The predicted molar refractivity (Wildman–Crippen MR) is 144 cm³/mol. The molecule has 2 N–H and O–H groups in total. The van der Waals surface area contributed by atoms with Crippen LogP contribution in [0.25, 0.3) is 11.2 Å². The molecule has 1 atom stereocenters. The Kier molecular flexibility index (Phi) is 8.50. The van der Waals surface area contributed by atoms with Crippen molar-refractivity contribution in [3.63, 3.8) is 0 Å². The van der Waals surface area contributed by atoms with Crippen LogP contribution in [0.15, 0.2) is 18.3 Å². The highest BCUT2D eigenvalue weighted by Crippen LogP contribution is 2.32. The van der Waals surface area contributed by atoms with Gasteiger partial charge in [0.15, 0.2) is 17.3 Å². The third kappa shape index (κ3) is 7.17. The lowest BCUT2D eigenvalue weighted by Crippen LogP contribution is -2.38. The average molecular weight is 579 g/mol. The maximum absolute atomic E-state index is 14.4. The number of ether oxygens (including phenoxy) is 3. The SMILES string of the molecule is C[N+](C)(C)CCOC(=O)OC1CCC(Nc2ncc3nc(Nc4c(F)cc(F)cc4F)n([C@H]4CCOC4)c3n2)CC1. The highest BCUT2D eigenvalue weighted by Gasteiger charge is 2.28. The number of nitrogens with one attached hydrogen (secondary N) is 2. The van der Waals surface area contributed by atoms with Crippen LogP contribution in [0.3, 0.4) is 0 Å². The summed E-state index contributed by atoms with van der Waals surface area (Å²) in [5.41, 5.74) is 0.384. The summed E-state index contributed by atoms with van der Waals surface area (Å²) in [6.07, 6.45) is 4.17. The largest absolute Gasteiger partial charge is 0.508 e. The maximum Gasteiger partial charge on any atom is 0.508 e. The molecule has 14 heteroatoms. The number of rotatable bonds is 9. The molecule has 0 bridgehead atoms. The van der Waals surface area contributed by atoms with Crippen LogP contribution in [0.4, 0.5) is 35.5 Å². The Morgan fingerprint density at radius 2 is 1.83 bits per heavy atom. The molecular formula is C27H35F3N7O4+. The quantitative estimate of drug-likeness (QED) is 0.279. The number of fused-ring (bicyclic) bond motifs is 1. The number of carbonyl (C=O) groups is 1. The molecule has 2 aromatic heterocycles. The third-order valence-corrected chi connectivity index (χ3v) is 7.20. The smallest absolute Gasteiger partial charge is 0.431 e. The normalized spacial score (nSPS) is 21.2. The Balaban J connectivity index is 1.25. The van der Waals surface area contributed by atoms with Crippen molar-refractivity contribution >= 4 is 34.9 Å². The molecule has 41 heavy (non-hydrogen) atoms. The molecule has 3 aromatic rings. The lowest BCUT2D eigenvalue weighted by molar-refractivity contribution is -0.870. The third-order valence-electron chi connectivity index (χ3n) is 7.20. The first-order valence-corrected chi connectivity index (χ1v) is 13.7. The maximum atomic E-state index is 14.4. The van der Waals surface area contributed by atoms with Gasteiger partial charge in [-0.05, 0) is 32.1 Å². The lowest BCUT2D eigenvalue weighted by atomic mass is 9.93. The Morgan fingerprint density at radius 3 is 2.49 bits per heavy atom. The van der Waals surface area contributed by atoms with E-state index in [1.807, 2.05) is 21.1 Å². The monoisotopic (exact) mass is 578 g/mol. The van der Waals surface area contributed by atoms with E-state index in [1.54, 1.807) is 10.8 Å². The fraction of sp³-hybridized carbons (Fsp3) is 0.556. The van der Waals surface area contributed by atoms with Crippen molar-refractivity contribution in [1.82, 2.24) is 19.5 Å². The van der Waals surface area contributed by atoms with Crippen LogP contribution in [0.5, 0.6) is 0 Å². The first-order valence-electron chi connectivity index (χ1n) is 13.7. The average Bonchev–Trinajstić information content (AvgIpc) is 3.54. The van der Waals surface area contributed by atoms with E-state index in [0.29, 0.717) is 79.4 Å². The molecule has 0 unspecified atom stereocenters. The van der Waals surface area contributed by atoms with Crippen LogP contribution < -0.4 is 10.6 Å². The summed E-state index contributed by atoms with van der Waals surface area (Å²) < 4.78 is 60.9. The molecule has 1 saturated heterocycles. The fourth-order valence-electron chi connectivity index (χ4n) is 4.97. The van der Waals surface area contributed by atoms with Crippen molar-refractivity contribution in [3.05, 3.63) is 35.8 Å². The van der Waals surface area contributed by atoms with E-state index >= 15 is 0 Å². The van der Waals surface area contributed by atoms with Crippen LogP contribution in [-0.2, 0) is 14.2 Å². The topological polar surface area (TPSA) is 112 Å². The minimum atomic E-state index is -1.07. The molecule has 0 amide bonds. The highest BCUT2D eigenvalue weighted by molar-refractivity contribution is 5.76. The predicted octanol–water partition coefficient (Wildman–Crippen LogP) is 4.53. The van der Waals surface area contributed by atoms with E-state index < -0.39 is 29.3 Å². The highest BCUT2D eigenvalue weighted by atomic mass is 19.1. The first-order chi connectivity index (χ1) is 19.6. The zero-order chi connectivity index (χ0) is 29.1. The van der Waals surface area contributed by atoms with Gasteiger partial charge >= 0.3 is 6.16 Å². The summed E-state index contributed by atoms with van der Waals surface area (Å²) in [7, 11) is 6.06. The molecule has 0 spiro atoms. The second-order valence-electron chi connectivity index (χ2n) is 11.4. The molecule has 2 aliphatic rings. The molecule has 2 fully saturated rings. The standard InChI is InChI=1S/C27H35F3N7O4/c1-37(2,3)9-11-40-27(38)41-19-6-4-17(5-7-19)32-25-31-14-22-24(35-25)36(18-8-10-39-15-18)26(33-22)34-23-20(29)12-16(28)13-21(23)30/h12-14,17-19H,4-11,15H2,1-3H3,(H,33,34)(H,31,32,35)/q+1/t17?,18-,19?/m0/s1. The number of hydrogen-bond donors (Lipinski definition) is 2. The summed E-state index contributed by atoms with van der Waals surface area (Å²) in [4.78, 5) is 25.6. The van der Waals surface area contributed by atoms with Gasteiger partial charge in [-0.1, -0.05) is 0 Å². The zero-order valence-corrected chi connectivity index (χ0v) is 23.3. The van der Waals surface area contributed by atoms with Gasteiger partial charge in [0.2, 0.25) is 11.9 Å². The molecule has 222 valence electrons. The van der Waals surface area contributed by atoms with E-state index in [-0.39, 0.29) is 24.1 Å². The molecule has 11 nitrogen and oxygen atoms in total. The number of hydrogen-bond acceptors (Lipinski definition) is 9. The van der Waals surface area contributed by atoms with Gasteiger partial charge in [0.1, 0.15) is 36.3 Å². The van der Waals surface area contributed by atoms with E-state index in [9.17, 15) is 18.0 Å². The first kappa shape index (κ1) is 28.9. The van der Waals surface area contributed by atoms with Gasteiger partial charge in [-0.25, -0.2) is 27.9 Å². The van der Waals surface area contributed by atoms with Crippen LogP contribution >= 0.6 is 0 Å². The number of nitrogens with zero attached hydrogens (tertiary/aromatic N) is 5. The van der Waals surface area contributed by atoms with Gasteiger partial charge in [-0.15, -0.1) is 0 Å². The second-order valence-corrected chi connectivity index (χ2v) is 11.4. The number of halogens is 3. The summed E-state index contributed by atoms with van der Waals surface area (Å²) in [6, 6.07) is 1.10. The van der Waals surface area contributed by atoms with E-state index in [0.717, 1.165) is 12.8 Å². The van der Waals surface area contributed by atoms with Crippen molar-refractivity contribution in [2.75, 3.05) is 58.1 Å². The fourth-order valence-corrected chi connectivity index (χ4v) is 4.97. The Morgan fingerprint density at radius 1 is 1.10 bits per heavy atom. The lowest BCUT2D eigenvalue weighted by Gasteiger charge is -2.28. The van der Waals surface area contributed by atoms with Gasteiger partial charge in [0.25, 0.3) is 0 Å². The van der Waals surface area contributed by atoms with Gasteiger partial charge in [-0.3, -0.25) is 4.57 Å². The molecular weight excluding hydrogens is 543 g/mol. The molecule has 1 aliphatic carbocycles. The van der Waals surface area contributed by atoms with Crippen molar-refractivity contribution in [1.29, 1.82) is 0 Å². The van der Waals surface area contributed by atoms with Crippen LogP contribution in [-0.4, -0.2) is 89.8 Å². The molecule has 0 radical (unpaired) electrons. The van der Waals surface area contributed by atoms with Crippen LogP contribution in [0.1, 0.15) is 38.1 Å². The number of imidazole rings is 1. The van der Waals surface area contributed by atoms with Crippen molar-refractivity contribution < 1.29 is 36.7 Å². The van der Waals surface area contributed by atoms with Crippen molar-refractivity contribution in [2.45, 2.75) is 50.3 Å². The summed E-state index contributed by atoms with van der Waals surface area (Å²) in [6.45, 7) is 1.89. The molecule has 1 saturated carbocycles. The minimum Gasteiger partial charge on any atom is -0.431 e. The number of anilines is 3. The minimum absolute atomic E-state index is 0.0627. The molecule has 1 aliphatic heterocycles. The number of likely N-dealkylation sites (N-methyl/N-ethyl adjacent to an activating group) is 1. The van der Waals surface area contributed by atoms with Crippen molar-refractivity contribution in [2.24, 2.45) is 0 Å². The van der Waals surface area contributed by atoms with Gasteiger partial charge in [0, 0.05) is 24.8 Å². The van der Waals surface area contributed by atoms with E-state index in [2.05, 4.69) is 25.6 Å². The van der Waals surface area contributed by atoms with Gasteiger partial charge < -0.3 is 29.3 Å². The molecule has 3 heterocycles. The Hall–Kier alpha value is -3.65. The summed E-state index contributed by atoms with van der Waals surface area (Å²) >= 11 is 0. The van der Waals surface area contributed by atoms with Gasteiger partial charge in [-0.2, -0.15) is 4.98 Å². The Bertz CT molecular complexity index is 1360. The Labute approximate surface area is 235 Å². The molecule has 5 rings (SSSR count). The number of quaternary nitrogens is 1. The number of aromatic nitrogens is 4. The summed E-state index contributed by atoms with van der Waals surface area (Å²) in [5.74, 6) is -2.63.